The molecule has 1 aliphatic heterocycles. The number of esters is 1. The zero-order chi connectivity index (χ0) is 15.9. The molecule has 0 saturated carbocycles. The molecular formula is C17H24N2O3. The molecule has 1 heterocycles. The van der Waals surface area contributed by atoms with Gasteiger partial charge in [0.05, 0.1) is 12.2 Å². The van der Waals surface area contributed by atoms with Gasteiger partial charge in [0, 0.05) is 18.2 Å². The number of anilines is 1. The molecule has 0 aromatic heterocycles. The zero-order valence-electron chi connectivity index (χ0n) is 13.2. The molecule has 1 fully saturated rings. The van der Waals surface area contributed by atoms with Gasteiger partial charge in [-0.1, -0.05) is 13.8 Å². The fraction of sp³-hybridized carbons (Fsp3) is 0.529. The maximum absolute atomic E-state index is 11.9. The Morgan fingerprint density at radius 1 is 1.32 bits per heavy atom. The van der Waals surface area contributed by atoms with Crippen molar-refractivity contribution in [2.45, 2.75) is 39.2 Å². The van der Waals surface area contributed by atoms with E-state index in [1.54, 1.807) is 24.3 Å². The molecule has 0 aliphatic carbocycles. The summed E-state index contributed by atoms with van der Waals surface area (Å²) < 4.78 is 5.16. The largest absolute Gasteiger partial charge is 0.462 e. The minimum atomic E-state index is -0.332. The monoisotopic (exact) mass is 304 g/mol. The minimum Gasteiger partial charge on any atom is -0.462 e. The van der Waals surface area contributed by atoms with Crippen molar-refractivity contribution >= 4 is 17.6 Å². The Kier molecular flexibility index (Phi) is 5.95. The van der Waals surface area contributed by atoms with Crippen molar-refractivity contribution in [1.82, 2.24) is 5.32 Å². The van der Waals surface area contributed by atoms with Crippen molar-refractivity contribution in [3.05, 3.63) is 29.8 Å². The Balaban J connectivity index is 1.83. The second-order valence-corrected chi connectivity index (χ2v) is 6.12. The highest BCUT2D eigenvalue weighted by Crippen LogP contribution is 2.13. The normalized spacial score (nSPS) is 17.5. The van der Waals surface area contributed by atoms with Crippen LogP contribution in [0.4, 0.5) is 5.69 Å². The van der Waals surface area contributed by atoms with Crippen LogP contribution in [0.2, 0.25) is 0 Å². The Morgan fingerprint density at radius 2 is 2.05 bits per heavy atom. The van der Waals surface area contributed by atoms with Crippen LogP contribution in [-0.4, -0.2) is 31.1 Å². The lowest BCUT2D eigenvalue weighted by atomic mass is 10.1. The number of hydrogen-bond acceptors (Lipinski definition) is 4. The van der Waals surface area contributed by atoms with Crippen molar-refractivity contribution in [2.24, 2.45) is 5.92 Å². The number of carbonyl (C=O) groups is 2. The average molecular weight is 304 g/mol. The number of amides is 1. The Labute approximate surface area is 131 Å². The highest BCUT2D eigenvalue weighted by molar-refractivity contribution is 5.93. The van der Waals surface area contributed by atoms with Crippen molar-refractivity contribution in [2.75, 3.05) is 18.5 Å². The fourth-order valence-electron chi connectivity index (χ4n) is 2.38. The average Bonchev–Trinajstić information content (AvgIpc) is 2.98. The van der Waals surface area contributed by atoms with Gasteiger partial charge >= 0.3 is 5.97 Å². The standard InChI is InChI=1S/C17H24N2O3/c1-12(2)11-22-17(21)13-5-7-14(8-6-13)19-16(20)10-15-4-3-9-18-15/h5-8,12,15,18H,3-4,9-11H2,1-2H3,(H,19,20)/t15-/m1/s1. The zero-order valence-corrected chi connectivity index (χ0v) is 13.2. The van der Waals surface area contributed by atoms with Crippen LogP contribution in [0, 0.1) is 5.92 Å². The van der Waals surface area contributed by atoms with Gasteiger partial charge in [0.2, 0.25) is 5.91 Å². The van der Waals surface area contributed by atoms with Gasteiger partial charge in [-0.05, 0) is 49.6 Å². The molecule has 2 N–H and O–H groups in total. The molecule has 5 nitrogen and oxygen atoms in total. The molecule has 5 heteroatoms. The SMILES string of the molecule is CC(C)COC(=O)c1ccc(NC(=O)C[C@H]2CCCN2)cc1. The van der Waals surface area contributed by atoms with E-state index >= 15 is 0 Å². The maximum Gasteiger partial charge on any atom is 0.338 e. The van der Waals surface area contributed by atoms with Crippen LogP contribution in [0.25, 0.3) is 0 Å². The summed E-state index contributed by atoms with van der Waals surface area (Å²) in [5.74, 6) is -0.0250. The second-order valence-electron chi connectivity index (χ2n) is 6.12. The summed E-state index contributed by atoms with van der Waals surface area (Å²) in [5.41, 5.74) is 1.19. The van der Waals surface area contributed by atoms with E-state index in [1.807, 2.05) is 13.8 Å². The van der Waals surface area contributed by atoms with Crippen LogP contribution in [0.15, 0.2) is 24.3 Å². The van der Waals surface area contributed by atoms with Crippen LogP contribution in [-0.2, 0) is 9.53 Å². The van der Waals surface area contributed by atoms with Crippen LogP contribution >= 0.6 is 0 Å². The predicted molar refractivity (Wildman–Crippen MR) is 85.8 cm³/mol. The molecular weight excluding hydrogens is 280 g/mol. The summed E-state index contributed by atoms with van der Waals surface area (Å²) in [7, 11) is 0. The highest BCUT2D eigenvalue weighted by atomic mass is 16.5. The summed E-state index contributed by atoms with van der Waals surface area (Å²) in [4.78, 5) is 23.7. The first kappa shape index (κ1) is 16.5. The fourth-order valence-corrected chi connectivity index (χ4v) is 2.38. The van der Waals surface area contributed by atoms with Crippen LogP contribution in [0.5, 0.6) is 0 Å². The number of hydrogen-bond donors (Lipinski definition) is 2. The molecule has 1 aliphatic rings. The summed E-state index contributed by atoms with van der Waals surface area (Å²) in [5, 5.41) is 6.15. The van der Waals surface area contributed by atoms with Gasteiger partial charge in [0.15, 0.2) is 0 Å². The van der Waals surface area contributed by atoms with Crippen molar-refractivity contribution in [1.29, 1.82) is 0 Å². The molecule has 0 unspecified atom stereocenters. The first-order valence-corrected chi connectivity index (χ1v) is 7.85. The van der Waals surface area contributed by atoms with Gasteiger partial charge < -0.3 is 15.4 Å². The smallest absolute Gasteiger partial charge is 0.338 e. The predicted octanol–water partition coefficient (Wildman–Crippen LogP) is 2.58. The third kappa shape index (κ3) is 5.15. The number of carbonyl (C=O) groups excluding carboxylic acids is 2. The molecule has 1 aromatic carbocycles. The molecule has 0 bridgehead atoms. The third-order valence-electron chi connectivity index (χ3n) is 3.55. The van der Waals surface area contributed by atoms with E-state index in [-0.39, 0.29) is 17.9 Å². The second kappa shape index (κ2) is 7.94. The van der Waals surface area contributed by atoms with Crippen LogP contribution in [0.1, 0.15) is 43.5 Å². The lowest BCUT2D eigenvalue weighted by Gasteiger charge is -2.11. The maximum atomic E-state index is 11.9. The molecule has 22 heavy (non-hydrogen) atoms. The lowest BCUT2D eigenvalue weighted by Crippen LogP contribution is -2.27. The van der Waals surface area contributed by atoms with Crippen molar-refractivity contribution < 1.29 is 14.3 Å². The van der Waals surface area contributed by atoms with Crippen molar-refractivity contribution in [3.63, 3.8) is 0 Å². The summed E-state index contributed by atoms with van der Waals surface area (Å²) in [6, 6.07) is 7.08. The molecule has 1 saturated heterocycles. The van der Waals surface area contributed by atoms with Gasteiger partial charge in [-0.2, -0.15) is 0 Å². The summed E-state index contributed by atoms with van der Waals surface area (Å²) in [6.45, 7) is 5.38. The number of nitrogens with one attached hydrogen (secondary N) is 2. The van der Waals surface area contributed by atoms with Gasteiger partial charge in [-0.15, -0.1) is 0 Å². The van der Waals surface area contributed by atoms with E-state index in [9.17, 15) is 9.59 Å². The topological polar surface area (TPSA) is 67.4 Å². The molecule has 1 atom stereocenters. The number of benzene rings is 1. The lowest BCUT2D eigenvalue weighted by molar-refractivity contribution is -0.116. The molecule has 0 spiro atoms. The highest BCUT2D eigenvalue weighted by Gasteiger charge is 2.17. The molecule has 120 valence electrons. The van der Waals surface area contributed by atoms with E-state index in [4.69, 9.17) is 4.74 Å². The Bertz CT molecular complexity index is 505. The quantitative estimate of drug-likeness (QED) is 0.793. The first-order valence-electron chi connectivity index (χ1n) is 7.85. The van der Waals surface area contributed by atoms with Crippen LogP contribution in [0.3, 0.4) is 0 Å². The molecule has 1 amide bonds. The number of rotatable bonds is 6. The number of ether oxygens (including phenoxy) is 1. The van der Waals surface area contributed by atoms with Crippen molar-refractivity contribution in [3.8, 4) is 0 Å². The molecule has 0 radical (unpaired) electrons. The van der Waals surface area contributed by atoms with Gasteiger partial charge in [0.25, 0.3) is 0 Å². The molecule has 2 rings (SSSR count). The minimum absolute atomic E-state index is 0.00506. The van der Waals surface area contributed by atoms with E-state index in [1.165, 1.54) is 0 Å². The van der Waals surface area contributed by atoms with E-state index in [0.29, 0.717) is 30.2 Å². The van der Waals surface area contributed by atoms with Gasteiger partial charge in [-0.25, -0.2) is 4.79 Å². The summed E-state index contributed by atoms with van der Waals surface area (Å²) in [6.07, 6.45) is 2.66. The Hall–Kier alpha value is -1.88. The van der Waals surface area contributed by atoms with Crippen LogP contribution < -0.4 is 10.6 Å². The van der Waals surface area contributed by atoms with Gasteiger partial charge in [-0.3, -0.25) is 4.79 Å². The van der Waals surface area contributed by atoms with E-state index < -0.39 is 0 Å². The third-order valence-corrected chi connectivity index (χ3v) is 3.55. The molecule has 1 aromatic rings. The van der Waals surface area contributed by atoms with Gasteiger partial charge in [0.1, 0.15) is 0 Å². The Morgan fingerprint density at radius 3 is 2.64 bits per heavy atom. The van der Waals surface area contributed by atoms with E-state index in [0.717, 1.165) is 19.4 Å². The first-order chi connectivity index (χ1) is 10.5. The summed E-state index contributed by atoms with van der Waals surface area (Å²) >= 11 is 0. The van der Waals surface area contributed by atoms with E-state index in [2.05, 4.69) is 10.6 Å².